The quantitative estimate of drug-likeness (QED) is 0.795. The molecule has 1 N–H and O–H groups in total. The van der Waals surface area contributed by atoms with Crippen molar-refractivity contribution < 1.29 is 14.4 Å². The van der Waals surface area contributed by atoms with Gasteiger partial charge in [0.05, 0.1) is 11.1 Å². The molecule has 1 unspecified atom stereocenters. The molecular weight excluding hydrogens is 366 g/mol. The highest BCUT2D eigenvalue weighted by Crippen LogP contribution is 2.24. The molecule has 0 saturated carbocycles. The highest BCUT2D eigenvalue weighted by molar-refractivity contribution is 6.22. The molecule has 2 aliphatic rings. The molecule has 0 spiro atoms. The largest absolute Gasteiger partial charge is 0.351 e. The molecule has 0 aliphatic carbocycles. The van der Waals surface area contributed by atoms with Gasteiger partial charge in [0.2, 0.25) is 5.91 Å². The molecule has 29 heavy (non-hydrogen) atoms. The van der Waals surface area contributed by atoms with Gasteiger partial charge < -0.3 is 5.32 Å². The van der Waals surface area contributed by atoms with E-state index < -0.39 is 17.9 Å². The number of likely N-dealkylation sites (tertiary alicyclic amines) is 1. The van der Waals surface area contributed by atoms with Crippen LogP contribution in [0.5, 0.6) is 0 Å². The number of hydrogen-bond donors (Lipinski definition) is 1. The molecule has 6 nitrogen and oxygen atoms in total. The van der Waals surface area contributed by atoms with Gasteiger partial charge in [-0.3, -0.25) is 24.2 Å². The van der Waals surface area contributed by atoms with Crippen molar-refractivity contribution >= 4 is 17.7 Å². The Balaban J connectivity index is 1.31. The number of rotatable bonds is 5. The van der Waals surface area contributed by atoms with Crippen LogP contribution in [0.1, 0.15) is 46.0 Å². The molecule has 2 aromatic carbocycles. The average Bonchev–Trinajstić information content (AvgIpc) is 3.00. The van der Waals surface area contributed by atoms with Crippen LogP contribution in [0.3, 0.4) is 0 Å². The van der Waals surface area contributed by atoms with Crippen molar-refractivity contribution in [3.8, 4) is 0 Å². The maximum Gasteiger partial charge on any atom is 0.262 e. The molecule has 2 aliphatic heterocycles. The Hall–Kier alpha value is -2.99. The van der Waals surface area contributed by atoms with E-state index in [1.54, 1.807) is 31.2 Å². The lowest BCUT2D eigenvalue weighted by Crippen LogP contribution is -2.52. The van der Waals surface area contributed by atoms with Crippen LogP contribution in [0.2, 0.25) is 0 Å². The second kappa shape index (κ2) is 8.17. The van der Waals surface area contributed by atoms with Gasteiger partial charge in [-0.25, -0.2) is 0 Å². The van der Waals surface area contributed by atoms with Crippen molar-refractivity contribution in [1.29, 1.82) is 0 Å². The summed E-state index contributed by atoms with van der Waals surface area (Å²) in [6.07, 6.45) is 1.71. The molecule has 0 radical (unpaired) electrons. The molecule has 2 aromatic rings. The zero-order valence-electron chi connectivity index (χ0n) is 16.5. The monoisotopic (exact) mass is 391 g/mol. The fourth-order valence-electron chi connectivity index (χ4n) is 4.08. The first-order valence-electron chi connectivity index (χ1n) is 10.1. The summed E-state index contributed by atoms with van der Waals surface area (Å²) in [6, 6.07) is 16.3. The Labute approximate surface area is 170 Å². The molecule has 1 fully saturated rings. The minimum absolute atomic E-state index is 0.0622. The van der Waals surface area contributed by atoms with E-state index in [-0.39, 0.29) is 11.9 Å². The molecule has 0 bridgehead atoms. The van der Waals surface area contributed by atoms with Gasteiger partial charge in [0.25, 0.3) is 11.8 Å². The summed E-state index contributed by atoms with van der Waals surface area (Å²) in [5.74, 6) is -1.07. The van der Waals surface area contributed by atoms with Crippen molar-refractivity contribution in [2.24, 2.45) is 0 Å². The number of amides is 3. The fraction of sp³-hybridized carbons (Fsp3) is 0.348. The third-order valence-corrected chi connectivity index (χ3v) is 5.78. The Morgan fingerprint density at radius 2 is 1.52 bits per heavy atom. The van der Waals surface area contributed by atoms with Crippen LogP contribution < -0.4 is 5.32 Å². The lowest BCUT2D eigenvalue weighted by atomic mass is 10.0. The van der Waals surface area contributed by atoms with Crippen molar-refractivity contribution in [2.45, 2.75) is 38.4 Å². The second-order valence-electron chi connectivity index (χ2n) is 7.75. The van der Waals surface area contributed by atoms with E-state index in [0.29, 0.717) is 11.1 Å². The second-order valence-corrected chi connectivity index (χ2v) is 7.75. The van der Waals surface area contributed by atoms with E-state index in [1.165, 1.54) is 5.56 Å². The number of imide groups is 1. The number of carbonyl (C=O) groups is 3. The number of nitrogens with one attached hydrogen (secondary N) is 1. The molecule has 2 heterocycles. The first-order valence-corrected chi connectivity index (χ1v) is 10.1. The average molecular weight is 391 g/mol. The summed E-state index contributed by atoms with van der Waals surface area (Å²) >= 11 is 0. The predicted octanol–water partition coefficient (Wildman–Crippen LogP) is 2.45. The van der Waals surface area contributed by atoms with E-state index in [0.717, 1.165) is 37.4 Å². The van der Waals surface area contributed by atoms with Gasteiger partial charge in [0, 0.05) is 25.7 Å². The lowest BCUT2D eigenvalue weighted by molar-refractivity contribution is -0.125. The normalized spacial score (nSPS) is 18.6. The summed E-state index contributed by atoms with van der Waals surface area (Å²) in [4.78, 5) is 41.4. The van der Waals surface area contributed by atoms with E-state index in [2.05, 4.69) is 22.3 Å². The number of benzene rings is 2. The van der Waals surface area contributed by atoms with Crippen LogP contribution in [0, 0.1) is 0 Å². The summed E-state index contributed by atoms with van der Waals surface area (Å²) in [7, 11) is 0. The fourth-order valence-corrected chi connectivity index (χ4v) is 4.08. The van der Waals surface area contributed by atoms with E-state index in [4.69, 9.17) is 0 Å². The zero-order chi connectivity index (χ0) is 20.4. The van der Waals surface area contributed by atoms with Crippen LogP contribution in [-0.2, 0) is 11.3 Å². The maximum atomic E-state index is 12.7. The smallest absolute Gasteiger partial charge is 0.262 e. The topological polar surface area (TPSA) is 69.7 Å². The highest BCUT2D eigenvalue weighted by atomic mass is 16.2. The van der Waals surface area contributed by atoms with Gasteiger partial charge in [-0.2, -0.15) is 0 Å². The Morgan fingerprint density at radius 3 is 2.10 bits per heavy atom. The van der Waals surface area contributed by atoms with Crippen LogP contribution in [0.15, 0.2) is 54.6 Å². The minimum atomic E-state index is -0.829. The van der Waals surface area contributed by atoms with Crippen molar-refractivity contribution in [3.05, 3.63) is 71.3 Å². The number of nitrogens with zero attached hydrogens (tertiary/aromatic N) is 2. The van der Waals surface area contributed by atoms with Gasteiger partial charge in [0.1, 0.15) is 6.04 Å². The maximum absolute atomic E-state index is 12.7. The zero-order valence-corrected chi connectivity index (χ0v) is 16.5. The van der Waals surface area contributed by atoms with Crippen LogP contribution in [0.4, 0.5) is 0 Å². The lowest BCUT2D eigenvalue weighted by Gasteiger charge is -2.33. The van der Waals surface area contributed by atoms with E-state index >= 15 is 0 Å². The van der Waals surface area contributed by atoms with Crippen molar-refractivity contribution in [3.63, 3.8) is 0 Å². The Bertz CT molecular complexity index is 885. The Morgan fingerprint density at radius 1 is 0.966 bits per heavy atom. The SMILES string of the molecule is CC(C(=O)NC1CCN(Cc2ccccc2)CC1)N1C(=O)c2ccccc2C1=O. The van der Waals surface area contributed by atoms with Crippen LogP contribution in [0.25, 0.3) is 0 Å². The van der Waals surface area contributed by atoms with Crippen molar-refractivity contribution in [2.75, 3.05) is 13.1 Å². The van der Waals surface area contributed by atoms with Gasteiger partial charge >= 0.3 is 0 Å². The molecular formula is C23H25N3O3. The summed E-state index contributed by atoms with van der Waals surface area (Å²) in [5, 5.41) is 3.04. The van der Waals surface area contributed by atoms with Crippen molar-refractivity contribution in [1.82, 2.24) is 15.1 Å². The highest BCUT2D eigenvalue weighted by Gasteiger charge is 2.41. The number of hydrogen-bond acceptors (Lipinski definition) is 4. The minimum Gasteiger partial charge on any atom is -0.351 e. The molecule has 3 amide bonds. The number of carbonyl (C=O) groups excluding carboxylic acids is 3. The summed E-state index contributed by atoms with van der Waals surface area (Å²) in [6.45, 7) is 4.33. The van der Waals surface area contributed by atoms with Crippen LogP contribution >= 0.6 is 0 Å². The molecule has 4 rings (SSSR count). The summed E-state index contributed by atoms with van der Waals surface area (Å²) in [5.41, 5.74) is 2.02. The first kappa shape index (κ1) is 19.3. The van der Waals surface area contributed by atoms with E-state index in [1.807, 2.05) is 18.2 Å². The van der Waals surface area contributed by atoms with Gasteiger partial charge in [-0.05, 0) is 37.5 Å². The molecule has 6 heteroatoms. The van der Waals surface area contributed by atoms with Crippen LogP contribution in [-0.4, -0.2) is 52.7 Å². The van der Waals surface area contributed by atoms with Gasteiger partial charge in [-0.1, -0.05) is 42.5 Å². The third-order valence-electron chi connectivity index (χ3n) is 5.78. The number of piperidine rings is 1. The van der Waals surface area contributed by atoms with E-state index in [9.17, 15) is 14.4 Å². The molecule has 1 atom stereocenters. The third kappa shape index (κ3) is 3.93. The summed E-state index contributed by atoms with van der Waals surface area (Å²) < 4.78 is 0. The molecule has 150 valence electrons. The molecule has 0 aromatic heterocycles. The Kier molecular flexibility index (Phi) is 5.45. The standard InChI is InChI=1S/C23H25N3O3/c1-16(26-22(28)19-9-5-6-10-20(19)23(26)29)21(27)24-18-11-13-25(14-12-18)15-17-7-3-2-4-8-17/h2-10,16,18H,11-15H2,1H3,(H,24,27). The molecule has 1 saturated heterocycles. The number of fused-ring (bicyclic) bond motifs is 1. The van der Waals surface area contributed by atoms with Gasteiger partial charge in [0.15, 0.2) is 0 Å². The predicted molar refractivity (Wildman–Crippen MR) is 109 cm³/mol. The van der Waals surface area contributed by atoms with Gasteiger partial charge in [-0.15, -0.1) is 0 Å². The first-order chi connectivity index (χ1) is 14.0.